The van der Waals surface area contributed by atoms with Crippen molar-refractivity contribution in [3.8, 4) is 0 Å². The minimum Gasteiger partial charge on any atom is -0.469 e. The zero-order valence-electron chi connectivity index (χ0n) is 11.7. The van der Waals surface area contributed by atoms with E-state index in [0.717, 1.165) is 11.3 Å². The Morgan fingerprint density at radius 2 is 2.05 bits per heavy atom. The number of hydrogen-bond donors (Lipinski definition) is 0. The third-order valence-electron chi connectivity index (χ3n) is 2.65. The van der Waals surface area contributed by atoms with Gasteiger partial charge in [0.25, 0.3) is 5.91 Å². The van der Waals surface area contributed by atoms with Gasteiger partial charge in [0.15, 0.2) is 0 Å². The molecule has 0 aliphatic carbocycles. The number of carbonyl (C=O) groups excluding carboxylic acids is 2. The first-order chi connectivity index (χ1) is 9.99. The van der Waals surface area contributed by atoms with Crippen LogP contribution >= 0.6 is 11.3 Å². The summed E-state index contributed by atoms with van der Waals surface area (Å²) in [7, 11) is 2.77. The Balaban J connectivity index is 2.77. The van der Waals surface area contributed by atoms with Crippen LogP contribution < -0.4 is 0 Å². The minimum absolute atomic E-state index is 0.0550. The van der Waals surface area contributed by atoms with Gasteiger partial charge in [-0.3, -0.25) is 19.7 Å². The number of rotatable bonds is 8. The Morgan fingerprint density at radius 1 is 1.33 bits per heavy atom. The van der Waals surface area contributed by atoms with Crippen molar-refractivity contribution in [2.24, 2.45) is 0 Å². The van der Waals surface area contributed by atoms with Gasteiger partial charge in [-0.2, -0.15) is 0 Å². The lowest BCUT2D eigenvalue weighted by Gasteiger charge is -2.21. The summed E-state index contributed by atoms with van der Waals surface area (Å²) in [5.74, 6) is -0.795. The molecule has 0 aliphatic heterocycles. The number of nitrogens with zero attached hydrogens (tertiary/aromatic N) is 2. The van der Waals surface area contributed by atoms with E-state index in [0.29, 0.717) is 6.61 Å². The largest absolute Gasteiger partial charge is 0.469 e. The normalized spacial score (nSPS) is 10.2. The van der Waals surface area contributed by atoms with Gasteiger partial charge < -0.3 is 14.4 Å². The Hall–Kier alpha value is -2.00. The van der Waals surface area contributed by atoms with Crippen LogP contribution in [0, 0.1) is 10.1 Å². The second-order valence-corrected chi connectivity index (χ2v) is 5.07. The topological polar surface area (TPSA) is 99.0 Å². The highest BCUT2D eigenvalue weighted by atomic mass is 32.1. The molecule has 116 valence electrons. The Bertz CT molecular complexity index is 516. The van der Waals surface area contributed by atoms with Crippen LogP contribution in [0.5, 0.6) is 0 Å². The highest BCUT2D eigenvalue weighted by molar-refractivity contribution is 7.17. The van der Waals surface area contributed by atoms with Gasteiger partial charge in [-0.1, -0.05) is 11.3 Å². The number of ether oxygens (including phenoxy) is 2. The zero-order chi connectivity index (χ0) is 15.8. The van der Waals surface area contributed by atoms with Gasteiger partial charge in [0.1, 0.15) is 0 Å². The van der Waals surface area contributed by atoms with Crippen LogP contribution in [-0.2, 0) is 14.3 Å². The molecule has 0 unspecified atom stereocenters. The molecule has 1 amide bonds. The van der Waals surface area contributed by atoms with Gasteiger partial charge in [-0.15, -0.1) is 0 Å². The highest BCUT2D eigenvalue weighted by Crippen LogP contribution is 2.25. The van der Waals surface area contributed by atoms with Gasteiger partial charge in [0.2, 0.25) is 0 Å². The number of hydrogen-bond acceptors (Lipinski definition) is 7. The molecule has 0 radical (unpaired) electrons. The van der Waals surface area contributed by atoms with E-state index in [9.17, 15) is 19.7 Å². The quantitative estimate of drug-likeness (QED) is 0.407. The number of methoxy groups -OCH3 is 2. The van der Waals surface area contributed by atoms with Crippen LogP contribution in [0.15, 0.2) is 12.1 Å². The lowest BCUT2D eigenvalue weighted by atomic mass is 10.3. The van der Waals surface area contributed by atoms with E-state index in [2.05, 4.69) is 4.74 Å². The molecule has 21 heavy (non-hydrogen) atoms. The van der Waals surface area contributed by atoms with Gasteiger partial charge in [-0.05, 0) is 6.07 Å². The van der Waals surface area contributed by atoms with E-state index >= 15 is 0 Å². The summed E-state index contributed by atoms with van der Waals surface area (Å²) >= 11 is 0.804. The van der Waals surface area contributed by atoms with Crippen molar-refractivity contribution >= 4 is 28.2 Å². The fourth-order valence-corrected chi connectivity index (χ4v) is 2.33. The number of carbonyl (C=O) groups is 2. The molecule has 0 saturated carbocycles. The number of nitro groups is 1. The zero-order valence-corrected chi connectivity index (χ0v) is 12.6. The lowest BCUT2D eigenvalue weighted by Crippen LogP contribution is -2.35. The first-order valence-electron chi connectivity index (χ1n) is 6.08. The summed E-state index contributed by atoms with van der Waals surface area (Å²) in [6.45, 7) is 0.763. The Kier molecular flexibility index (Phi) is 6.76. The van der Waals surface area contributed by atoms with Gasteiger partial charge in [0, 0.05) is 26.3 Å². The summed E-state index contributed by atoms with van der Waals surface area (Å²) in [6, 6.07) is 2.69. The second kappa shape index (κ2) is 8.32. The lowest BCUT2D eigenvalue weighted by molar-refractivity contribution is -0.380. The minimum atomic E-state index is -0.546. The molecule has 0 N–H and O–H groups in total. The predicted molar refractivity (Wildman–Crippen MR) is 75.4 cm³/mol. The maximum atomic E-state index is 12.3. The number of thiophene rings is 1. The first-order valence-corrected chi connectivity index (χ1v) is 6.90. The van der Waals surface area contributed by atoms with Crippen molar-refractivity contribution in [3.63, 3.8) is 0 Å². The monoisotopic (exact) mass is 316 g/mol. The molecule has 0 aromatic carbocycles. The van der Waals surface area contributed by atoms with E-state index in [1.165, 1.54) is 31.3 Å². The first kappa shape index (κ1) is 17.1. The molecular weight excluding hydrogens is 300 g/mol. The molecule has 1 aromatic heterocycles. The SMILES string of the molecule is COCCN(CCC(=O)OC)C(=O)c1ccc([N+](=O)[O-])s1. The fourth-order valence-electron chi connectivity index (χ4n) is 1.54. The molecule has 0 bridgehead atoms. The maximum Gasteiger partial charge on any atom is 0.324 e. The smallest absolute Gasteiger partial charge is 0.324 e. The van der Waals surface area contributed by atoms with Gasteiger partial charge >= 0.3 is 11.0 Å². The van der Waals surface area contributed by atoms with Crippen LogP contribution in [0.25, 0.3) is 0 Å². The van der Waals surface area contributed by atoms with Gasteiger partial charge in [0.05, 0.1) is 29.9 Å². The van der Waals surface area contributed by atoms with Gasteiger partial charge in [-0.25, -0.2) is 0 Å². The van der Waals surface area contributed by atoms with Crippen LogP contribution in [-0.4, -0.2) is 55.6 Å². The van der Waals surface area contributed by atoms with E-state index < -0.39 is 10.9 Å². The third-order valence-corrected chi connectivity index (χ3v) is 3.67. The second-order valence-electron chi connectivity index (χ2n) is 4.01. The van der Waals surface area contributed by atoms with Crippen molar-refractivity contribution in [2.75, 3.05) is 33.9 Å². The summed E-state index contributed by atoms with van der Waals surface area (Å²) in [6.07, 6.45) is 0.0550. The number of amides is 1. The summed E-state index contributed by atoms with van der Waals surface area (Å²) < 4.78 is 9.45. The molecule has 9 heteroatoms. The average molecular weight is 316 g/mol. The van der Waals surface area contributed by atoms with Crippen LogP contribution in [0.4, 0.5) is 5.00 Å². The fraction of sp³-hybridized carbons (Fsp3) is 0.500. The van der Waals surface area contributed by atoms with Crippen molar-refractivity contribution in [1.82, 2.24) is 4.90 Å². The summed E-state index contributed by atoms with van der Waals surface area (Å²) in [5, 5.41) is 10.5. The Morgan fingerprint density at radius 3 is 2.57 bits per heavy atom. The Labute approximate surface area is 125 Å². The molecule has 0 aliphatic rings. The van der Waals surface area contributed by atoms with Crippen molar-refractivity contribution in [3.05, 3.63) is 27.1 Å². The molecule has 0 fully saturated rings. The summed E-state index contributed by atoms with van der Waals surface area (Å²) in [4.78, 5) is 35.2. The van der Waals surface area contributed by atoms with Crippen LogP contribution in [0.3, 0.4) is 0 Å². The van der Waals surface area contributed by atoms with Crippen molar-refractivity contribution in [2.45, 2.75) is 6.42 Å². The molecular formula is C12H16N2O6S. The highest BCUT2D eigenvalue weighted by Gasteiger charge is 2.21. The van der Waals surface area contributed by atoms with E-state index in [1.54, 1.807) is 0 Å². The predicted octanol–water partition coefficient (Wildman–Crippen LogP) is 1.31. The molecule has 1 aromatic rings. The standard InChI is InChI=1S/C12H16N2O6S/c1-19-8-7-13(6-5-11(15)20-2)12(16)9-3-4-10(21-9)14(17)18/h3-4H,5-8H2,1-2H3. The third kappa shape index (κ3) is 5.12. The van der Waals surface area contributed by atoms with Crippen molar-refractivity contribution in [1.29, 1.82) is 0 Å². The molecule has 0 spiro atoms. The number of esters is 1. The summed E-state index contributed by atoms with van der Waals surface area (Å²) in [5.41, 5.74) is 0. The molecule has 1 rings (SSSR count). The molecule has 8 nitrogen and oxygen atoms in total. The van der Waals surface area contributed by atoms with Crippen LogP contribution in [0.1, 0.15) is 16.1 Å². The maximum absolute atomic E-state index is 12.3. The van der Waals surface area contributed by atoms with E-state index in [-0.39, 0.29) is 35.3 Å². The van der Waals surface area contributed by atoms with E-state index in [4.69, 9.17) is 4.74 Å². The van der Waals surface area contributed by atoms with Crippen molar-refractivity contribution < 1.29 is 24.0 Å². The van der Waals surface area contributed by atoms with E-state index in [1.807, 2.05) is 0 Å². The molecule has 0 saturated heterocycles. The average Bonchev–Trinajstić information content (AvgIpc) is 2.96. The van der Waals surface area contributed by atoms with Crippen LogP contribution in [0.2, 0.25) is 0 Å². The molecule has 0 atom stereocenters. The molecule has 1 heterocycles.